The van der Waals surface area contributed by atoms with E-state index in [9.17, 15) is 4.79 Å². The zero-order chi connectivity index (χ0) is 17.4. The molecule has 0 aliphatic rings. The standard InChI is InChI=1S/C18H17ClN2O3/c1-23-15-7-6-13(11-21-18(22)8-9-20)17(10-15)24-12-14-4-2-3-5-16(14)19/h2-7,10H,8,11-12H2,1H3,(H,21,22). The second kappa shape index (κ2) is 8.80. The number of nitrogens with one attached hydrogen (secondary N) is 1. The molecule has 2 aromatic rings. The average molecular weight is 345 g/mol. The van der Waals surface area contributed by atoms with Crippen LogP contribution >= 0.6 is 11.6 Å². The number of halogens is 1. The van der Waals surface area contributed by atoms with E-state index in [0.717, 1.165) is 11.1 Å². The molecule has 0 radical (unpaired) electrons. The van der Waals surface area contributed by atoms with Crippen LogP contribution < -0.4 is 14.8 Å². The monoisotopic (exact) mass is 344 g/mol. The van der Waals surface area contributed by atoms with Crippen molar-refractivity contribution in [3.8, 4) is 17.6 Å². The molecule has 0 heterocycles. The van der Waals surface area contributed by atoms with Crippen LogP contribution in [0.15, 0.2) is 42.5 Å². The number of amides is 1. The van der Waals surface area contributed by atoms with Gasteiger partial charge in [-0.3, -0.25) is 4.79 Å². The Balaban J connectivity index is 2.12. The Bertz CT molecular complexity index is 756. The normalized spacial score (nSPS) is 9.88. The van der Waals surface area contributed by atoms with Crippen molar-refractivity contribution in [2.75, 3.05) is 7.11 Å². The van der Waals surface area contributed by atoms with Gasteiger partial charge in [0.15, 0.2) is 0 Å². The molecule has 0 saturated heterocycles. The van der Waals surface area contributed by atoms with Gasteiger partial charge in [0.05, 0.1) is 13.2 Å². The minimum atomic E-state index is -0.328. The van der Waals surface area contributed by atoms with Gasteiger partial charge in [0, 0.05) is 28.8 Å². The number of methoxy groups -OCH3 is 1. The Labute approximate surface area is 145 Å². The number of nitriles is 1. The van der Waals surface area contributed by atoms with Gasteiger partial charge in [-0.1, -0.05) is 29.8 Å². The van der Waals surface area contributed by atoms with Crippen molar-refractivity contribution in [1.29, 1.82) is 5.26 Å². The summed E-state index contributed by atoms with van der Waals surface area (Å²) in [6, 6.07) is 14.6. The van der Waals surface area contributed by atoms with Crippen LogP contribution in [0, 0.1) is 11.3 Å². The van der Waals surface area contributed by atoms with E-state index in [4.69, 9.17) is 26.3 Å². The number of nitrogens with zero attached hydrogens (tertiary/aromatic N) is 1. The van der Waals surface area contributed by atoms with Gasteiger partial charge in [0.2, 0.25) is 5.91 Å². The molecule has 0 aliphatic carbocycles. The second-order valence-electron chi connectivity index (χ2n) is 4.97. The third kappa shape index (κ3) is 4.90. The zero-order valence-corrected chi connectivity index (χ0v) is 14.0. The van der Waals surface area contributed by atoms with Gasteiger partial charge in [0.1, 0.15) is 24.5 Å². The molecule has 0 spiro atoms. The lowest BCUT2D eigenvalue weighted by Gasteiger charge is -2.14. The molecular weight excluding hydrogens is 328 g/mol. The Morgan fingerprint density at radius 2 is 2.04 bits per heavy atom. The van der Waals surface area contributed by atoms with Gasteiger partial charge in [-0.25, -0.2) is 0 Å². The number of hydrogen-bond acceptors (Lipinski definition) is 4. The average Bonchev–Trinajstić information content (AvgIpc) is 2.60. The summed E-state index contributed by atoms with van der Waals surface area (Å²) < 4.78 is 11.1. The van der Waals surface area contributed by atoms with E-state index < -0.39 is 0 Å². The van der Waals surface area contributed by atoms with Crippen molar-refractivity contribution in [2.45, 2.75) is 19.6 Å². The fourth-order valence-electron chi connectivity index (χ4n) is 2.04. The molecule has 0 saturated carbocycles. The summed E-state index contributed by atoms with van der Waals surface area (Å²) in [6.07, 6.45) is -0.175. The van der Waals surface area contributed by atoms with Crippen LogP contribution in [0.4, 0.5) is 0 Å². The maximum atomic E-state index is 11.5. The van der Waals surface area contributed by atoms with Gasteiger partial charge >= 0.3 is 0 Å². The highest BCUT2D eigenvalue weighted by molar-refractivity contribution is 6.31. The molecule has 0 atom stereocenters. The molecule has 24 heavy (non-hydrogen) atoms. The van der Waals surface area contributed by atoms with Crippen molar-refractivity contribution in [3.05, 3.63) is 58.6 Å². The molecule has 0 aromatic heterocycles. The van der Waals surface area contributed by atoms with Crippen LogP contribution in [0.1, 0.15) is 17.5 Å². The number of carbonyl (C=O) groups excluding carboxylic acids is 1. The lowest BCUT2D eigenvalue weighted by Crippen LogP contribution is -2.22. The van der Waals surface area contributed by atoms with E-state index in [1.807, 2.05) is 30.3 Å². The molecule has 0 unspecified atom stereocenters. The maximum absolute atomic E-state index is 11.5. The predicted octanol–water partition coefficient (Wildman–Crippen LogP) is 3.46. The first-order chi connectivity index (χ1) is 11.6. The van der Waals surface area contributed by atoms with Crippen molar-refractivity contribution in [3.63, 3.8) is 0 Å². The highest BCUT2D eigenvalue weighted by Gasteiger charge is 2.09. The van der Waals surface area contributed by atoms with Crippen molar-refractivity contribution >= 4 is 17.5 Å². The molecule has 1 N–H and O–H groups in total. The fraction of sp³-hybridized carbons (Fsp3) is 0.222. The van der Waals surface area contributed by atoms with Gasteiger partial charge in [-0.15, -0.1) is 0 Å². The van der Waals surface area contributed by atoms with E-state index in [0.29, 0.717) is 23.1 Å². The molecule has 5 nitrogen and oxygen atoms in total. The van der Waals surface area contributed by atoms with Gasteiger partial charge in [0.25, 0.3) is 0 Å². The third-order valence-corrected chi connectivity index (χ3v) is 3.70. The number of carbonyl (C=O) groups is 1. The number of ether oxygens (including phenoxy) is 2. The third-order valence-electron chi connectivity index (χ3n) is 3.33. The summed E-state index contributed by atoms with van der Waals surface area (Å²) in [5, 5.41) is 11.8. The minimum absolute atomic E-state index is 0.175. The van der Waals surface area contributed by atoms with E-state index in [1.54, 1.807) is 25.3 Å². The van der Waals surface area contributed by atoms with E-state index >= 15 is 0 Å². The topological polar surface area (TPSA) is 71.3 Å². The maximum Gasteiger partial charge on any atom is 0.234 e. The first-order valence-electron chi connectivity index (χ1n) is 7.31. The molecule has 2 aromatic carbocycles. The summed E-state index contributed by atoms with van der Waals surface area (Å²) in [6.45, 7) is 0.564. The Kier molecular flexibility index (Phi) is 6.47. The molecule has 0 bridgehead atoms. The van der Waals surface area contributed by atoms with Crippen molar-refractivity contribution < 1.29 is 14.3 Å². The van der Waals surface area contributed by atoms with Crippen LogP contribution in [0.3, 0.4) is 0 Å². The quantitative estimate of drug-likeness (QED) is 0.835. The summed E-state index contributed by atoms with van der Waals surface area (Å²) in [5.74, 6) is 0.910. The Morgan fingerprint density at radius 1 is 1.25 bits per heavy atom. The molecule has 1 amide bonds. The van der Waals surface area contributed by atoms with E-state index in [1.165, 1.54) is 0 Å². The first-order valence-corrected chi connectivity index (χ1v) is 7.68. The zero-order valence-electron chi connectivity index (χ0n) is 13.2. The largest absolute Gasteiger partial charge is 0.497 e. The van der Waals surface area contributed by atoms with Crippen LogP contribution in [0.25, 0.3) is 0 Å². The predicted molar refractivity (Wildman–Crippen MR) is 90.9 cm³/mol. The van der Waals surface area contributed by atoms with Crippen LogP contribution in [-0.4, -0.2) is 13.0 Å². The Morgan fingerprint density at radius 3 is 2.75 bits per heavy atom. The highest BCUT2D eigenvalue weighted by atomic mass is 35.5. The SMILES string of the molecule is COc1ccc(CNC(=O)CC#N)c(OCc2ccccc2Cl)c1. The molecule has 124 valence electrons. The minimum Gasteiger partial charge on any atom is -0.497 e. The molecular formula is C18H17ClN2O3. The fourth-order valence-corrected chi connectivity index (χ4v) is 2.23. The number of rotatable bonds is 7. The van der Waals surface area contributed by atoms with Crippen molar-refractivity contribution in [2.24, 2.45) is 0 Å². The van der Waals surface area contributed by atoms with Crippen LogP contribution in [0.2, 0.25) is 5.02 Å². The number of benzene rings is 2. The number of hydrogen-bond donors (Lipinski definition) is 1. The lowest BCUT2D eigenvalue weighted by atomic mass is 10.1. The van der Waals surface area contributed by atoms with Gasteiger partial charge in [-0.2, -0.15) is 5.26 Å². The van der Waals surface area contributed by atoms with E-state index in [2.05, 4.69) is 5.32 Å². The van der Waals surface area contributed by atoms with E-state index in [-0.39, 0.29) is 18.9 Å². The summed E-state index contributed by atoms with van der Waals surface area (Å²) in [5.41, 5.74) is 1.65. The molecule has 0 fully saturated rings. The first kappa shape index (κ1) is 17.6. The van der Waals surface area contributed by atoms with Gasteiger partial charge < -0.3 is 14.8 Å². The smallest absolute Gasteiger partial charge is 0.234 e. The molecule has 2 rings (SSSR count). The van der Waals surface area contributed by atoms with Crippen LogP contribution in [0.5, 0.6) is 11.5 Å². The van der Waals surface area contributed by atoms with Gasteiger partial charge in [-0.05, 0) is 18.2 Å². The summed E-state index contributed by atoms with van der Waals surface area (Å²) in [4.78, 5) is 11.5. The Hall–Kier alpha value is -2.71. The highest BCUT2D eigenvalue weighted by Crippen LogP contribution is 2.26. The van der Waals surface area contributed by atoms with Crippen LogP contribution in [-0.2, 0) is 17.9 Å². The van der Waals surface area contributed by atoms with Crippen molar-refractivity contribution in [1.82, 2.24) is 5.32 Å². The molecule has 6 heteroatoms. The summed E-state index contributed by atoms with van der Waals surface area (Å²) >= 11 is 6.13. The lowest BCUT2D eigenvalue weighted by molar-refractivity contribution is -0.120. The molecule has 0 aliphatic heterocycles. The summed E-state index contributed by atoms with van der Waals surface area (Å²) in [7, 11) is 1.57. The second-order valence-corrected chi connectivity index (χ2v) is 5.37.